The van der Waals surface area contributed by atoms with Crippen LogP contribution in [0.4, 0.5) is 10.8 Å². The zero-order valence-electron chi connectivity index (χ0n) is 11.7. The largest absolute Gasteiger partial charge is 0.496 e. The molecule has 0 aliphatic rings. The molecule has 3 rings (SSSR count). The number of anilines is 2. The van der Waals surface area contributed by atoms with Crippen LogP contribution in [0.1, 0.15) is 11.1 Å². The van der Waals surface area contributed by atoms with Gasteiger partial charge in [0.05, 0.1) is 17.3 Å². The van der Waals surface area contributed by atoms with Gasteiger partial charge in [0, 0.05) is 5.69 Å². The lowest BCUT2D eigenvalue weighted by Gasteiger charge is -2.07. The first-order chi connectivity index (χ1) is 9.65. The molecule has 0 atom stereocenters. The first kappa shape index (κ1) is 12.9. The number of rotatable bonds is 3. The molecular formula is C16H16N2OS. The molecule has 0 radical (unpaired) electrons. The van der Waals surface area contributed by atoms with Crippen molar-refractivity contribution in [2.75, 3.05) is 12.4 Å². The van der Waals surface area contributed by atoms with E-state index in [0.717, 1.165) is 27.6 Å². The van der Waals surface area contributed by atoms with Gasteiger partial charge in [-0.2, -0.15) is 0 Å². The van der Waals surface area contributed by atoms with Crippen molar-refractivity contribution in [3.63, 3.8) is 0 Å². The molecule has 0 saturated heterocycles. The van der Waals surface area contributed by atoms with Crippen LogP contribution in [0.5, 0.6) is 5.75 Å². The molecule has 0 spiro atoms. The summed E-state index contributed by atoms with van der Waals surface area (Å²) in [6.07, 6.45) is 0. The van der Waals surface area contributed by atoms with Crippen LogP contribution in [0, 0.1) is 13.8 Å². The van der Waals surface area contributed by atoms with E-state index in [0.29, 0.717) is 0 Å². The van der Waals surface area contributed by atoms with Gasteiger partial charge in [0.15, 0.2) is 5.13 Å². The van der Waals surface area contributed by atoms with E-state index in [2.05, 4.69) is 41.5 Å². The van der Waals surface area contributed by atoms with Crippen molar-refractivity contribution in [2.45, 2.75) is 13.8 Å². The Bertz CT molecular complexity index is 764. The van der Waals surface area contributed by atoms with E-state index in [1.165, 1.54) is 10.3 Å². The minimum atomic E-state index is 0.899. The quantitative estimate of drug-likeness (QED) is 0.759. The van der Waals surface area contributed by atoms with Crippen LogP contribution in [0.25, 0.3) is 10.2 Å². The topological polar surface area (TPSA) is 34.1 Å². The van der Waals surface area contributed by atoms with Crippen LogP contribution in [-0.4, -0.2) is 12.1 Å². The third kappa shape index (κ3) is 2.47. The highest BCUT2D eigenvalue weighted by atomic mass is 32.1. The number of benzene rings is 2. The first-order valence-electron chi connectivity index (χ1n) is 6.44. The molecule has 0 saturated carbocycles. The van der Waals surface area contributed by atoms with E-state index in [1.807, 2.05) is 19.1 Å². The second-order valence-corrected chi connectivity index (χ2v) is 5.83. The minimum Gasteiger partial charge on any atom is -0.496 e. The Morgan fingerprint density at radius 3 is 2.70 bits per heavy atom. The number of ether oxygens (including phenoxy) is 1. The third-order valence-electron chi connectivity index (χ3n) is 3.19. The predicted molar refractivity (Wildman–Crippen MR) is 85.4 cm³/mol. The van der Waals surface area contributed by atoms with Gasteiger partial charge in [-0.1, -0.05) is 17.4 Å². The molecule has 0 unspecified atom stereocenters. The molecular weight excluding hydrogens is 268 g/mol. The number of fused-ring (bicyclic) bond motifs is 1. The molecule has 1 N–H and O–H groups in total. The average Bonchev–Trinajstić information content (AvgIpc) is 2.80. The van der Waals surface area contributed by atoms with Gasteiger partial charge in [0.25, 0.3) is 0 Å². The van der Waals surface area contributed by atoms with E-state index in [4.69, 9.17) is 4.74 Å². The van der Waals surface area contributed by atoms with Crippen LogP contribution in [0.3, 0.4) is 0 Å². The van der Waals surface area contributed by atoms with Gasteiger partial charge in [0.2, 0.25) is 0 Å². The van der Waals surface area contributed by atoms with Crippen molar-refractivity contribution in [2.24, 2.45) is 0 Å². The van der Waals surface area contributed by atoms with Gasteiger partial charge < -0.3 is 10.1 Å². The Morgan fingerprint density at radius 1 is 1.10 bits per heavy atom. The Labute approximate surface area is 122 Å². The predicted octanol–water partition coefficient (Wildman–Crippen LogP) is 4.67. The smallest absolute Gasteiger partial charge is 0.188 e. The van der Waals surface area contributed by atoms with E-state index < -0.39 is 0 Å². The lowest BCUT2D eigenvalue weighted by atomic mass is 10.2. The summed E-state index contributed by atoms with van der Waals surface area (Å²) in [5.74, 6) is 0.899. The maximum absolute atomic E-state index is 5.27. The highest BCUT2D eigenvalue weighted by Crippen LogP contribution is 2.30. The van der Waals surface area contributed by atoms with E-state index in [-0.39, 0.29) is 0 Å². The molecule has 3 aromatic rings. The molecule has 0 bridgehead atoms. The lowest BCUT2D eigenvalue weighted by molar-refractivity contribution is 0.412. The Hall–Kier alpha value is -2.07. The summed E-state index contributed by atoms with van der Waals surface area (Å²) >= 11 is 1.67. The Balaban J connectivity index is 1.90. The summed E-state index contributed by atoms with van der Waals surface area (Å²) in [6.45, 7) is 4.13. The van der Waals surface area contributed by atoms with Gasteiger partial charge in [-0.3, -0.25) is 0 Å². The number of nitrogens with one attached hydrogen (secondary N) is 1. The monoisotopic (exact) mass is 284 g/mol. The standard InChI is InChI=1S/C16H16N2OS/c1-10-4-6-13-15(8-10)20-16(18-13)17-12-5-7-14(19-3)11(2)9-12/h4-9H,1-3H3,(H,17,18). The summed E-state index contributed by atoms with van der Waals surface area (Å²) in [5, 5.41) is 4.27. The van der Waals surface area contributed by atoms with E-state index >= 15 is 0 Å². The summed E-state index contributed by atoms with van der Waals surface area (Å²) in [7, 11) is 1.69. The fourth-order valence-electron chi connectivity index (χ4n) is 2.16. The first-order valence-corrected chi connectivity index (χ1v) is 7.26. The fourth-order valence-corrected chi connectivity index (χ4v) is 3.15. The maximum Gasteiger partial charge on any atom is 0.188 e. The zero-order valence-corrected chi connectivity index (χ0v) is 12.5. The molecule has 4 heteroatoms. The van der Waals surface area contributed by atoms with Crippen molar-refractivity contribution in [3.05, 3.63) is 47.5 Å². The average molecular weight is 284 g/mol. The van der Waals surface area contributed by atoms with Gasteiger partial charge >= 0.3 is 0 Å². The number of nitrogens with zero attached hydrogens (tertiary/aromatic N) is 1. The molecule has 102 valence electrons. The molecule has 1 aromatic heterocycles. The number of aromatic nitrogens is 1. The SMILES string of the molecule is COc1ccc(Nc2nc3ccc(C)cc3s2)cc1C. The summed E-state index contributed by atoms with van der Waals surface area (Å²) < 4.78 is 6.48. The van der Waals surface area contributed by atoms with Crippen molar-refractivity contribution in [3.8, 4) is 5.75 Å². The molecule has 0 amide bonds. The van der Waals surface area contributed by atoms with Gasteiger partial charge in [-0.15, -0.1) is 0 Å². The maximum atomic E-state index is 5.27. The van der Waals surface area contributed by atoms with E-state index in [1.54, 1.807) is 18.4 Å². The fraction of sp³-hybridized carbons (Fsp3) is 0.188. The van der Waals surface area contributed by atoms with Crippen molar-refractivity contribution in [1.82, 2.24) is 4.98 Å². The molecule has 0 aliphatic carbocycles. The molecule has 2 aromatic carbocycles. The number of hydrogen-bond acceptors (Lipinski definition) is 4. The Kier molecular flexibility index (Phi) is 3.32. The second-order valence-electron chi connectivity index (χ2n) is 4.80. The Morgan fingerprint density at radius 2 is 1.95 bits per heavy atom. The van der Waals surface area contributed by atoms with Gasteiger partial charge in [0.1, 0.15) is 5.75 Å². The van der Waals surface area contributed by atoms with Crippen LogP contribution in [0.15, 0.2) is 36.4 Å². The zero-order chi connectivity index (χ0) is 14.1. The van der Waals surface area contributed by atoms with Gasteiger partial charge in [-0.05, 0) is 55.3 Å². The van der Waals surface area contributed by atoms with Crippen LogP contribution < -0.4 is 10.1 Å². The molecule has 3 nitrogen and oxygen atoms in total. The van der Waals surface area contributed by atoms with Gasteiger partial charge in [-0.25, -0.2) is 4.98 Å². The summed E-state index contributed by atoms with van der Waals surface area (Å²) in [6, 6.07) is 12.3. The van der Waals surface area contributed by atoms with Crippen molar-refractivity contribution in [1.29, 1.82) is 0 Å². The van der Waals surface area contributed by atoms with Crippen molar-refractivity contribution < 1.29 is 4.74 Å². The van der Waals surface area contributed by atoms with Crippen LogP contribution >= 0.6 is 11.3 Å². The minimum absolute atomic E-state index is 0.899. The molecule has 20 heavy (non-hydrogen) atoms. The van der Waals surface area contributed by atoms with Crippen LogP contribution in [0.2, 0.25) is 0 Å². The number of hydrogen-bond donors (Lipinski definition) is 1. The normalized spacial score (nSPS) is 10.8. The number of methoxy groups -OCH3 is 1. The van der Waals surface area contributed by atoms with E-state index in [9.17, 15) is 0 Å². The second kappa shape index (κ2) is 5.13. The summed E-state index contributed by atoms with van der Waals surface area (Å²) in [4.78, 5) is 4.60. The molecule has 1 heterocycles. The van der Waals surface area contributed by atoms with Crippen LogP contribution in [-0.2, 0) is 0 Å². The summed E-state index contributed by atoms with van der Waals surface area (Å²) in [5.41, 5.74) is 4.43. The third-order valence-corrected chi connectivity index (χ3v) is 4.12. The lowest BCUT2D eigenvalue weighted by Crippen LogP contribution is -1.92. The molecule has 0 aliphatic heterocycles. The number of aryl methyl sites for hydroxylation is 2. The number of thiazole rings is 1. The van der Waals surface area contributed by atoms with Crippen molar-refractivity contribution >= 4 is 32.4 Å². The highest BCUT2D eigenvalue weighted by Gasteiger charge is 2.05. The highest BCUT2D eigenvalue weighted by molar-refractivity contribution is 7.22. The molecule has 0 fully saturated rings.